The average molecular weight is 402 g/mol. The summed E-state index contributed by atoms with van der Waals surface area (Å²) in [7, 11) is -3.72. The first kappa shape index (κ1) is 21.2. The van der Waals surface area contributed by atoms with E-state index in [0.29, 0.717) is 31.2 Å². The first-order valence-corrected chi connectivity index (χ1v) is 11.0. The Morgan fingerprint density at radius 3 is 2.62 bits per heavy atom. The third-order valence-corrected chi connectivity index (χ3v) is 7.45. The van der Waals surface area contributed by atoms with Gasteiger partial charge in [0.2, 0.25) is 10.0 Å². The molecule has 1 fully saturated rings. The lowest BCUT2D eigenvalue weighted by Crippen LogP contribution is -2.40. The quantitative estimate of drug-likeness (QED) is 0.726. The molecule has 1 aromatic rings. The minimum Gasteiger partial charge on any atom is -0.350 e. The Morgan fingerprint density at radius 2 is 2.00 bits per heavy atom. The number of carbonyl (C=O) groups is 1. The molecule has 1 N–H and O–H groups in total. The van der Waals surface area contributed by atoms with Gasteiger partial charge < -0.3 is 5.32 Å². The standard InChI is InChI=1S/C18H28ClN3O3S/c1-4-21-11-7-8-15(21)13-20-18(23)14-9-10-16(19)17(12-14)26(24,25)22(5-2)6-3/h9-10,12,15H,4-8,11,13H2,1-3H3,(H,20,23). The van der Waals surface area contributed by atoms with Crippen molar-refractivity contribution in [2.24, 2.45) is 0 Å². The van der Waals surface area contributed by atoms with Crippen molar-refractivity contribution >= 4 is 27.5 Å². The second-order valence-electron chi connectivity index (χ2n) is 6.37. The monoisotopic (exact) mass is 401 g/mol. The largest absolute Gasteiger partial charge is 0.350 e. The molecule has 1 atom stereocenters. The average Bonchev–Trinajstić information content (AvgIpc) is 3.08. The van der Waals surface area contributed by atoms with Crippen LogP contribution in [0, 0.1) is 0 Å². The van der Waals surface area contributed by atoms with Crippen LogP contribution in [0.4, 0.5) is 0 Å². The van der Waals surface area contributed by atoms with Crippen LogP contribution in [0.5, 0.6) is 0 Å². The summed E-state index contributed by atoms with van der Waals surface area (Å²) in [6.45, 7) is 8.94. The topological polar surface area (TPSA) is 69.7 Å². The molecule has 0 aromatic heterocycles. The van der Waals surface area contributed by atoms with E-state index in [0.717, 1.165) is 25.9 Å². The van der Waals surface area contributed by atoms with Gasteiger partial charge in [0, 0.05) is 31.2 Å². The van der Waals surface area contributed by atoms with Crippen molar-refractivity contribution in [3.05, 3.63) is 28.8 Å². The minimum atomic E-state index is -3.72. The number of hydrogen-bond donors (Lipinski definition) is 1. The summed E-state index contributed by atoms with van der Waals surface area (Å²) in [6, 6.07) is 4.75. The van der Waals surface area contributed by atoms with E-state index in [2.05, 4.69) is 17.1 Å². The number of rotatable bonds is 8. The van der Waals surface area contributed by atoms with Crippen LogP contribution in [0.3, 0.4) is 0 Å². The fourth-order valence-electron chi connectivity index (χ4n) is 3.40. The van der Waals surface area contributed by atoms with Gasteiger partial charge >= 0.3 is 0 Å². The summed E-state index contributed by atoms with van der Waals surface area (Å²) in [4.78, 5) is 14.8. The van der Waals surface area contributed by atoms with Crippen LogP contribution in [0.1, 0.15) is 44.0 Å². The summed E-state index contributed by atoms with van der Waals surface area (Å²) >= 11 is 6.12. The maximum absolute atomic E-state index is 12.7. The fourth-order valence-corrected chi connectivity index (χ4v) is 5.36. The fraction of sp³-hybridized carbons (Fsp3) is 0.611. The zero-order valence-electron chi connectivity index (χ0n) is 15.7. The van der Waals surface area contributed by atoms with Crippen LogP contribution < -0.4 is 5.32 Å². The molecule has 0 aliphatic carbocycles. The smallest absolute Gasteiger partial charge is 0.251 e. The molecule has 1 aromatic carbocycles. The number of nitrogens with zero attached hydrogens (tertiary/aromatic N) is 2. The number of sulfonamides is 1. The van der Waals surface area contributed by atoms with Crippen LogP contribution in [0.25, 0.3) is 0 Å². The van der Waals surface area contributed by atoms with Gasteiger partial charge in [-0.3, -0.25) is 9.69 Å². The first-order valence-electron chi connectivity index (χ1n) is 9.17. The molecular weight excluding hydrogens is 374 g/mol. The van der Waals surface area contributed by atoms with Gasteiger partial charge in [-0.2, -0.15) is 4.31 Å². The molecule has 8 heteroatoms. The maximum atomic E-state index is 12.7. The van der Waals surface area contributed by atoms with Crippen LogP contribution in [0.2, 0.25) is 5.02 Å². The molecular formula is C18H28ClN3O3S. The third-order valence-electron chi connectivity index (χ3n) is 4.92. The predicted octanol–water partition coefficient (Wildman–Crippen LogP) is 2.58. The van der Waals surface area contributed by atoms with Gasteiger partial charge in [0.05, 0.1) is 5.02 Å². The van der Waals surface area contributed by atoms with Gasteiger partial charge in [-0.15, -0.1) is 0 Å². The Morgan fingerprint density at radius 1 is 1.31 bits per heavy atom. The van der Waals surface area contributed by atoms with E-state index in [1.54, 1.807) is 19.9 Å². The Hall–Kier alpha value is -1.15. The van der Waals surface area contributed by atoms with E-state index >= 15 is 0 Å². The maximum Gasteiger partial charge on any atom is 0.251 e. The molecule has 0 radical (unpaired) electrons. The molecule has 146 valence electrons. The van der Waals surface area contributed by atoms with E-state index in [1.165, 1.54) is 16.4 Å². The van der Waals surface area contributed by atoms with Crippen molar-refractivity contribution in [1.82, 2.24) is 14.5 Å². The molecule has 1 unspecified atom stereocenters. The lowest BCUT2D eigenvalue weighted by Gasteiger charge is -2.23. The first-order chi connectivity index (χ1) is 12.3. The second-order valence-corrected chi connectivity index (χ2v) is 8.68. The van der Waals surface area contributed by atoms with Crippen molar-refractivity contribution in [1.29, 1.82) is 0 Å². The Balaban J connectivity index is 2.17. The van der Waals surface area contributed by atoms with Crippen LogP contribution in [-0.4, -0.2) is 62.3 Å². The number of carbonyl (C=O) groups excluding carboxylic acids is 1. The summed E-state index contributed by atoms with van der Waals surface area (Å²) in [5, 5.41) is 3.05. The lowest BCUT2D eigenvalue weighted by atomic mass is 10.2. The molecule has 0 spiro atoms. The number of benzene rings is 1. The van der Waals surface area contributed by atoms with Crippen molar-refractivity contribution in [3.8, 4) is 0 Å². The molecule has 0 bridgehead atoms. The predicted molar refractivity (Wildman–Crippen MR) is 104 cm³/mol. The van der Waals surface area contributed by atoms with Gasteiger partial charge in [0.15, 0.2) is 0 Å². The highest BCUT2D eigenvalue weighted by Crippen LogP contribution is 2.26. The molecule has 0 saturated carbocycles. The Labute approximate surface area is 161 Å². The number of nitrogens with one attached hydrogen (secondary N) is 1. The number of hydrogen-bond acceptors (Lipinski definition) is 4. The highest BCUT2D eigenvalue weighted by atomic mass is 35.5. The van der Waals surface area contributed by atoms with Gasteiger partial charge in [-0.1, -0.05) is 32.4 Å². The summed E-state index contributed by atoms with van der Waals surface area (Å²) in [5.41, 5.74) is 0.307. The highest BCUT2D eigenvalue weighted by Gasteiger charge is 2.26. The van der Waals surface area contributed by atoms with Crippen LogP contribution in [0.15, 0.2) is 23.1 Å². The molecule has 1 amide bonds. The van der Waals surface area contributed by atoms with Crippen molar-refractivity contribution in [2.75, 3.05) is 32.7 Å². The van der Waals surface area contributed by atoms with E-state index in [4.69, 9.17) is 11.6 Å². The molecule has 1 saturated heterocycles. The SMILES string of the molecule is CCN1CCCC1CNC(=O)c1ccc(Cl)c(S(=O)(=O)N(CC)CC)c1. The molecule has 1 aliphatic rings. The molecule has 6 nitrogen and oxygen atoms in total. The van der Waals surface area contributed by atoms with Crippen molar-refractivity contribution in [2.45, 2.75) is 44.6 Å². The van der Waals surface area contributed by atoms with E-state index in [1.807, 2.05) is 0 Å². The minimum absolute atomic E-state index is 0.0217. The van der Waals surface area contributed by atoms with Crippen LogP contribution in [-0.2, 0) is 10.0 Å². The van der Waals surface area contributed by atoms with Crippen molar-refractivity contribution in [3.63, 3.8) is 0 Å². The number of likely N-dealkylation sites (tertiary alicyclic amines) is 1. The molecule has 26 heavy (non-hydrogen) atoms. The van der Waals surface area contributed by atoms with Crippen LogP contribution >= 0.6 is 11.6 Å². The third kappa shape index (κ3) is 4.57. The summed E-state index contributed by atoms with van der Waals surface area (Å²) in [5.74, 6) is -0.277. The Kier molecular flexibility index (Phi) is 7.46. The second kappa shape index (κ2) is 9.17. The van der Waals surface area contributed by atoms with Gasteiger partial charge in [0.1, 0.15) is 4.90 Å². The van der Waals surface area contributed by atoms with E-state index < -0.39 is 10.0 Å². The normalized spacial score (nSPS) is 18.4. The lowest BCUT2D eigenvalue weighted by molar-refractivity contribution is 0.0941. The zero-order valence-corrected chi connectivity index (χ0v) is 17.2. The van der Waals surface area contributed by atoms with Gasteiger partial charge in [-0.05, 0) is 44.1 Å². The van der Waals surface area contributed by atoms with E-state index in [9.17, 15) is 13.2 Å². The zero-order chi connectivity index (χ0) is 19.3. The highest BCUT2D eigenvalue weighted by molar-refractivity contribution is 7.89. The van der Waals surface area contributed by atoms with E-state index in [-0.39, 0.29) is 15.8 Å². The molecule has 1 heterocycles. The number of halogens is 1. The van der Waals surface area contributed by atoms with Crippen molar-refractivity contribution < 1.29 is 13.2 Å². The summed E-state index contributed by atoms with van der Waals surface area (Å²) < 4.78 is 26.8. The summed E-state index contributed by atoms with van der Waals surface area (Å²) in [6.07, 6.45) is 2.21. The van der Waals surface area contributed by atoms with Gasteiger partial charge in [-0.25, -0.2) is 8.42 Å². The van der Waals surface area contributed by atoms with Gasteiger partial charge in [0.25, 0.3) is 5.91 Å². The number of amides is 1. The molecule has 2 rings (SSSR count). The Bertz CT molecular complexity index is 735. The number of likely N-dealkylation sites (N-methyl/N-ethyl adjacent to an activating group) is 1. The molecule has 1 aliphatic heterocycles.